The van der Waals surface area contributed by atoms with Crippen molar-refractivity contribution in [1.29, 1.82) is 0 Å². The summed E-state index contributed by atoms with van der Waals surface area (Å²) in [6, 6.07) is 17.6. The van der Waals surface area contributed by atoms with Gasteiger partial charge < -0.3 is 5.32 Å². The summed E-state index contributed by atoms with van der Waals surface area (Å²) in [7, 11) is -3.59. The fourth-order valence-electron chi connectivity index (χ4n) is 9.60. The second-order valence-corrected chi connectivity index (χ2v) is 16.2. The number of aryl methyl sites for hydroxylation is 1. The van der Waals surface area contributed by atoms with Crippen LogP contribution in [0.25, 0.3) is 0 Å². The average Bonchev–Trinajstić information content (AvgIpc) is 3.62. The lowest BCUT2D eigenvalue weighted by atomic mass is 9.68. The van der Waals surface area contributed by atoms with Gasteiger partial charge >= 0.3 is 0 Å². The van der Waals surface area contributed by atoms with Gasteiger partial charge in [0.05, 0.1) is 18.2 Å². The van der Waals surface area contributed by atoms with Crippen LogP contribution in [0.4, 0.5) is 0 Å². The Morgan fingerprint density at radius 1 is 0.929 bits per heavy atom. The Labute approximate surface area is 250 Å². The van der Waals surface area contributed by atoms with E-state index in [2.05, 4.69) is 43.4 Å². The smallest absolute Gasteiger partial charge is 0.247 e. The molecule has 1 N–H and O–H groups in total. The van der Waals surface area contributed by atoms with Crippen molar-refractivity contribution >= 4 is 21.8 Å². The first-order valence-electron chi connectivity index (χ1n) is 15.8. The number of nitrogens with zero attached hydrogens (tertiary/aromatic N) is 2. The first-order chi connectivity index (χ1) is 20.1. The molecular formula is C34H43N3O4S. The number of hydrogen-bond acceptors (Lipinski definition) is 5. The molecule has 0 aromatic heterocycles. The zero-order valence-corrected chi connectivity index (χ0v) is 25.7. The van der Waals surface area contributed by atoms with Crippen molar-refractivity contribution in [1.82, 2.24) is 14.5 Å². The van der Waals surface area contributed by atoms with Crippen LogP contribution in [-0.2, 0) is 38.0 Å². The third-order valence-electron chi connectivity index (χ3n) is 12.3. The van der Waals surface area contributed by atoms with Crippen molar-refractivity contribution in [2.75, 3.05) is 18.8 Å². The number of hydrogen-bond donors (Lipinski definition) is 1. The van der Waals surface area contributed by atoms with Crippen molar-refractivity contribution < 1.29 is 18.0 Å². The Bertz CT molecular complexity index is 1500. The van der Waals surface area contributed by atoms with Gasteiger partial charge in [0.15, 0.2) is 0 Å². The molecule has 2 aliphatic heterocycles. The number of benzene rings is 2. The van der Waals surface area contributed by atoms with Crippen molar-refractivity contribution in [2.45, 2.75) is 89.3 Å². The van der Waals surface area contributed by atoms with E-state index in [9.17, 15) is 18.0 Å². The monoisotopic (exact) mass is 589 g/mol. The number of carbonyl (C=O) groups is 2. The maximum Gasteiger partial charge on any atom is 0.247 e. The molecule has 5 aliphatic rings. The van der Waals surface area contributed by atoms with E-state index in [0.717, 1.165) is 44.1 Å². The highest BCUT2D eigenvalue weighted by Gasteiger charge is 2.68. The molecule has 2 aromatic carbocycles. The summed E-state index contributed by atoms with van der Waals surface area (Å²) in [5.41, 5.74) is 3.07. The summed E-state index contributed by atoms with van der Waals surface area (Å²) < 4.78 is 30.2. The van der Waals surface area contributed by atoms with Gasteiger partial charge in [-0.2, -0.15) is 0 Å². The first-order valence-corrected chi connectivity index (χ1v) is 17.4. The molecule has 0 radical (unpaired) electrons. The lowest BCUT2D eigenvalue weighted by Gasteiger charge is -2.46. The maximum atomic E-state index is 14.2. The Morgan fingerprint density at radius 2 is 1.64 bits per heavy atom. The lowest BCUT2D eigenvalue weighted by molar-refractivity contribution is -0.145. The summed E-state index contributed by atoms with van der Waals surface area (Å²) in [5, 5.41) is 3.30. The molecule has 2 saturated carbocycles. The Balaban J connectivity index is 1.10. The Kier molecular flexibility index (Phi) is 6.72. The van der Waals surface area contributed by atoms with E-state index in [1.54, 1.807) is 4.31 Å². The van der Waals surface area contributed by atoms with E-state index in [-0.39, 0.29) is 40.9 Å². The molecule has 4 atom stereocenters. The zero-order chi connectivity index (χ0) is 29.3. The summed E-state index contributed by atoms with van der Waals surface area (Å²) in [5.74, 6) is -0.0534. The van der Waals surface area contributed by atoms with Crippen LogP contribution in [-0.4, -0.2) is 60.4 Å². The van der Waals surface area contributed by atoms with Gasteiger partial charge in [0.1, 0.15) is 0 Å². The fraction of sp³-hybridized carbons (Fsp3) is 0.588. The number of rotatable bonds is 7. The third kappa shape index (κ3) is 4.23. The first kappa shape index (κ1) is 28.2. The molecule has 4 fully saturated rings. The molecule has 224 valence electrons. The summed E-state index contributed by atoms with van der Waals surface area (Å²) in [6.07, 6.45) is 6.38. The van der Waals surface area contributed by atoms with E-state index in [0.29, 0.717) is 32.0 Å². The second kappa shape index (κ2) is 10.00. The van der Waals surface area contributed by atoms with Crippen LogP contribution in [0, 0.1) is 16.7 Å². The average molecular weight is 590 g/mol. The number of sulfonamides is 1. The number of likely N-dealkylation sites (tertiary alicyclic amines) is 1. The normalized spacial score (nSPS) is 31.8. The second-order valence-electron chi connectivity index (χ2n) is 14.2. The highest BCUT2D eigenvalue weighted by molar-refractivity contribution is 7.89. The minimum absolute atomic E-state index is 0.0108. The molecule has 2 heterocycles. The number of imide groups is 1. The molecule has 2 amide bonds. The predicted molar refractivity (Wildman–Crippen MR) is 162 cm³/mol. The molecule has 2 saturated heterocycles. The van der Waals surface area contributed by atoms with Gasteiger partial charge in [-0.25, -0.2) is 12.7 Å². The summed E-state index contributed by atoms with van der Waals surface area (Å²) in [4.78, 5) is 28.7. The fourth-order valence-corrected chi connectivity index (χ4v) is 11.9. The molecule has 2 bridgehead atoms. The number of carbonyl (C=O) groups excluding carboxylic acids is 2. The van der Waals surface area contributed by atoms with Crippen LogP contribution in [0.15, 0.2) is 54.6 Å². The van der Waals surface area contributed by atoms with E-state index < -0.39 is 21.5 Å². The third-order valence-corrected chi connectivity index (χ3v) is 14.3. The molecule has 8 heteroatoms. The molecule has 42 heavy (non-hydrogen) atoms. The van der Waals surface area contributed by atoms with Crippen molar-refractivity contribution in [3.63, 3.8) is 0 Å². The highest BCUT2D eigenvalue weighted by Crippen LogP contribution is 2.67. The van der Waals surface area contributed by atoms with Gasteiger partial charge in [0.25, 0.3) is 0 Å². The van der Waals surface area contributed by atoms with Crippen LogP contribution < -0.4 is 5.32 Å². The minimum atomic E-state index is -3.59. The van der Waals surface area contributed by atoms with Crippen molar-refractivity contribution in [3.8, 4) is 0 Å². The Hall–Kier alpha value is -2.55. The summed E-state index contributed by atoms with van der Waals surface area (Å²) >= 11 is 0. The van der Waals surface area contributed by atoms with E-state index in [4.69, 9.17) is 0 Å². The lowest BCUT2D eigenvalue weighted by Crippen LogP contribution is -2.57. The molecule has 1 unspecified atom stereocenters. The van der Waals surface area contributed by atoms with E-state index in [1.807, 2.05) is 30.3 Å². The van der Waals surface area contributed by atoms with E-state index >= 15 is 0 Å². The molecule has 3 aliphatic carbocycles. The molecule has 7 nitrogen and oxygen atoms in total. The van der Waals surface area contributed by atoms with Crippen LogP contribution >= 0.6 is 0 Å². The molecule has 7 rings (SSSR count). The van der Waals surface area contributed by atoms with Gasteiger partial charge in [-0.3, -0.25) is 14.5 Å². The quantitative estimate of drug-likeness (QED) is 0.484. The standard InChI is InChI=1S/C34H43N3O4S/c1-32(2)26-13-15-34(32,29(20-26)37-30(38)21-28(31(37)39)35-22-24-8-4-3-5-9-24)23-42(40,41)36-18-16-33(17-19-36)14-12-25-10-6-7-11-27(25)33/h3-11,26,28-29,35H,12-23H2,1-2H3/t26?,28-,29+,34-/m1/s1. The largest absolute Gasteiger partial charge is 0.301 e. The van der Waals surface area contributed by atoms with Gasteiger partial charge in [-0.05, 0) is 78.4 Å². The molecular weight excluding hydrogens is 546 g/mol. The van der Waals surface area contributed by atoms with Crippen LogP contribution in [0.5, 0.6) is 0 Å². The van der Waals surface area contributed by atoms with Gasteiger partial charge in [-0.15, -0.1) is 0 Å². The number of nitrogens with one attached hydrogen (secondary N) is 1. The number of piperidine rings is 1. The van der Waals surface area contributed by atoms with Crippen LogP contribution in [0.1, 0.15) is 75.5 Å². The Morgan fingerprint density at radius 3 is 2.38 bits per heavy atom. The SMILES string of the molecule is CC1(C)C2CC[C@@]1(CS(=O)(=O)N1CCC3(CCc4ccccc43)CC1)[C@@H](N1C(=O)C[C@@H](NCc3ccccc3)C1=O)C2. The predicted octanol–water partition coefficient (Wildman–Crippen LogP) is 4.41. The van der Waals surface area contributed by atoms with Gasteiger partial charge in [0, 0.05) is 31.1 Å². The van der Waals surface area contributed by atoms with Crippen LogP contribution in [0.3, 0.4) is 0 Å². The van der Waals surface area contributed by atoms with Crippen LogP contribution in [0.2, 0.25) is 0 Å². The van der Waals surface area contributed by atoms with Gasteiger partial charge in [-0.1, -0.05) is 68.4 Å². The topological polar surface area (TPSA) is 86.8 Å². The molecule has 2 aromatic rings. The van der Waals surface area contributed by atoms with Crippen molar-refractivity contribution in [3.05, 3.63) is 71.3 Å². The number of amides is 2. The molecule has 1 spiro atoms. The minimum Gasteiger partial charge on any atom is -0.301 e. The highest BCUT2D eigenvalue weighted by atomic mass is 32.2. The van der Waals surface area contributed by atoms with Gasteiger partial charge in [0.2, 0.25) is 21.8 Å². The van der Waals surface area contributed by atoms with E-state index in [1.165, 1.54) is 16.0 Å². The zero-order valence-electron chi connectivity index (χ0n) is 24.8. The number of fused-ring (bicyclic) bond motifs is 4. The summed E-state index contributed by atoms with van der Waals surface area (Å²) in [6.45, 7) is 5.94. The van der Waals surface area contributed by atoms with Crippen molar-refractivity contribution in [2.24, 2.45) is 16.7 Å². The maximum absolute atomic E-state index is 14.2.